The van der Waals surface area contributed by atoms with Gasteiger partial charge < -0.3 is 10.6 Å². The zero-order chi connectivity index (χ0) is 17.8. The number of hydrogen-bond donors (Lipinski definition) is 1. The Morgan fingerprint density at radius 3 is 2.48 bits per heavy atom. The third kappa shape index (κ3) is 3.96. The van der Waals surface area contributed by atoms with Gasteiger partial charge in [-0.2, -0.15) is 0 Å². The van der Waals surface area contributed by atoms with E-state index in [2.05, 4.69) is 42.2 Å². The topological polar surface area (TPSA) is 66.0 Å². The molecule has 1 aromatic heterocycles. The molecule has 0 saturated carbocycles. The summed E-state index contributed by atoms with van der Waals surface area (Å²) >= 11 is 1.58. The molecule has 0 aliphatic heterocycles. The number of rotatable bonds is 6. The van der Waals surface area contributed by atoms with Crippen molar-refractivity contribution < 1.29 is 4.74 Å². The van der Waals surface area contributed by atoms with E-state index in [9.17, 15) is 0 Å². The predicted molar refractivity (Wildman–Crippen MR) is 102 cm³/mol. The van der Waals surface area contributed by atoms with Crippen LogP contribution < -0.4 is 10.6 Å². The van der Waals surface area contributed by atoms with E-state index < -0.39 is 0 Å². The molecule has 0 spiro atoms. The smallest absolute Gasteiger partial charge is 0.210 e. The standard InChI is InChI=1S/C19H22N4OS/c1-4-24-17-9-7-16(8-10-17)18-21-22-19(23(18)20)25-12-15-6-5-13(2)14(3)11-15/h5-11H,4,12,20H2,1-3H3. The van der Waals surface area contributed by atoms with Crippen LogP contribution in [0.2, 0.25) is 0 Å². The molecule has 130 valence electrons. The zero-order valence-corrected chi connectivity index (χ0v) is 15.5. The average Bonchev–Trinajstić information content (AvgIpc) is 2.98. The molecule has 0 atom stereocenters. The van der Waals surface area contributed by atoms with Gasteiger partial charge in [0, 0.05) is 11.3 Å². The lowest BCUT2D eigenvalue weighted by molar-refractivity contribution is 0.340. The molecule has 3 aromatic rings. The Morgan fingerprint density at radius 2 is 1.80 bits per heavy atom. The molecule has 0 aliphatic carbocycles. The van der Waals surface area contributed by atoms with E-state index in [-0.39, 0.29) is 0 Å². The lowest BCUT2D eigenvalue weighted by atomic mass is 10.1. The summed E-state index contributed by atoms with van der Waals surface area (Å²) in [7, 11) is 0. The summed E-state index contributed by atoms with van der Waals surface area (Å²) in [6, 6.07) is 14.2. The van der Waals surface area contributed by atoms with Crippen LogP contribution >= 0.6 is 11.8 Å². The number of nitrogen functional groups attached to an aromatic ring is 1. The number of nitrogens with zero attached hydrogens (tertiary/aromatic N) is 3. The van der Waals surface area contributed by atoms with Crippen LogP contribution in [0.25, 0.3) is 11.4 Å². The van der Waals surface area contributed by atoms with Crippen LogP contribution in [0.5, 0.6) is 5.75 Å². The lowest BCUT2D eigenvalue weighted by Crippen LogP contribution is -2.11. The quantitative estimate of drug-likeness (QED) is 0.536. The minimum absolute atomic E-state index is 0.644. The van der Waals surface area contributed by atoms with Crippen LogP contribution in [0.15, 0.2) is 47.6 Å². The minimum Gasteiger partial charge on any atom is -0.494 e. The Hall–Kier alpha value is -2.47. The molecule has 2 aromatic carbocycles. The molecule has 0 fully saturated rings. The fourth-order valence-corrected chi connectivity index (χ4v) is 3.28. The third-order valence-electron chi connectivity index (χ3n) is 4.03. The van der Waals surface area contributed by atoms with Crippen molar-refractivity contribution in [2.45, 2.75) is 31.7 Å². The van der Waals surface area contributed by atoms with Crippen LogP contribution in [0, 0.1) is 13.8 Å². The van der Waals surface area contributed by atoms with Crippen LogP contribution in [0.3, 0.4) is 0 Å². The number of ether oxygens (including phenoxy) is 1. The maximum Gasteiger partial charge on any atom is 0.210 e. The Morgan fingerprint density at radius 1 is 1.04 bits per heavy atom. The summed E-state index contributed by atoms with van der Waals surface area (Å²) in [5.74, 6) is 8.47. The fraction of sp³-hybridized carbons (Fsp3) is 0.263. The van der Waals surface area contributed by atoms with Gasteiger partial charge in [0.15, 0.2) is 5.82 Å². The van der Waals surface area contributed by atoms with Gasteiger partial charge in [-0.25, -0.2) is 4.68 Å². The Kier molecular flexibility index (Phi) is 5.28. The largest absolute Gasteiger partial charge is 0.494 e. The van der Waals surface area contributed by atoms with E-state index in [4.69, 9.17) is 10.6 Å². The first-order valence-electron chi connectivity index (χ1n) is 8.21. The summed E-state index contributed by atoms with van der Waals surface area (Å²) in [4.78, 5) is 0. The van der Waals surface area contributed by atoms with Crippen molar-refractivity contribution in [3.8, 4) is 17.1 Å². The highest BCUT2D eigenvalue weighted by Crippen LogP contribution is 2.26. The maximum absolute atomic E-state index is 6.19. The molecule has 25 heavy (non-hydrogen) atoms. The average molecular weight is 354 g/mol. The van der Waals surface area contributed by atoms with Gasteiger partial charge in [-0.3, -0.25) is 0 Å². The Balaban J connectivity index is 1.73. The number of hydrogen-bond acceptors (Lipinski definition) is 5. The third-order valence-corrected chi connectivity index (χ3v) is 5.04. The highest BCUT2D eigenvalue weighted by Gasteiger charge is 2.12. The molecule has 6 heteroatoms. The first-order chi connectivity index (χ1) is 12.1. The van der Waals surface area contributed by atoms with Gasteiger partial charge in [0.2, 0.25) is 5.16 Å². The van der Waals surface area contributed by atoms with Gasteiger partial charge >= 0.3 is 0 Å². The number of benzene rings is 2. The van der Waals surface area contributed by atoms with Crippen molar-refractivity contribution in [1.82, 2.24) is 14.9 Å². The zero-order valence-electron chi connectivity index (χ0n) is 14.7. The summed E-state index contributed by atoms with van der Waals surface area (Å²) in [5.41, 5.74) is 4.76. The molecule has 3 rings (SSSR count). The highest BCUT2D eigenvalue weighted by atomic mass is 32.2. The second-order valence-electron chi connectivity index (χ2n) is 5.84. The van der Waals surface area contributed by atoms with Gasteiger partial charge in [0.05, 0.1) is 6.61 Å². The van der Waals surface area contributed by atoms with Crippen LogP contribution in [0.1, 0.15) is 23.6 Å². The molecule has 0 amide bonds. The number of aryl methyl sites for hydroxylation is 2. The van der Waals surface area contributed by atoms with Crippen LogP contribution in [-0.4, -0.2) is 21.5 Å². The van der Waals surface area contributed by atoms with Gasteiger partial charge in [-0.15, -0.1) is 10.2 Å². The summed E-state index contributed by atoms with van der Waals surface area (Å²) in [5, 5.41) is 9.15. The Labute approximate surface area is 152 Å². The Bertz CT molecular complexity index is 858. The lowest BCUT2D eigenvalue weighted by Gasteiger charge is -2.07. The van der Waals surface area contributed by atoms with E-state index in [1.165, 1.54) is 16.7 Å². The fourth-order valence-electron chi connectivity index (χ4n) is 2.48. The van der Waals surface area contributed by atoms with Crippen molar-refractivity contribution in [3.63, 3.8) is 0 Å². The van der Waals surface area contributed by atoms with E-state index in [1.54, 1.807) is 16.4 Å². The molecule has 0 bridgehead atoms. The second kappa shape index (κ2) is 7.61. The molecule has 0 radical (unpaired) electrons. The molecule has 5 nitrogen and oxygen atoms in total. The monoisotopic (exact) mass is 354 g/mol. The van der Waals surface area contributed by atoms with Crippen molar-refractivity contribution in [2.24, 2.45) is 0 Å². The number of thioether (sulfide) groups is 1. The highest BCUT2D eigenvalue weighted by molar-refractivity contribution is 7.98. The van der Waals surface area contributed by atoms with E-state index in [0.717, 1.165) is 17.1 Å². The first-order valence-corrected chi connectivity index (χ1v) is 9.19. The molecule has 1 heterocycles. The van der Waals surface area contributed by atoms with E-state index in [0.29, 0.717) is 17.6 Å². The molecule has 0 saturated heterocycles. The van der Waals surface area contributed by atoms with Crippen LogP contribution in [-0.2, 0) is 5.75 Å². The first kappa shape index (κ1) is 17.4. The van der Waals surface area contributed by atoms with Crippen molar-refractivity contribution in [3.05, 3.63) is 59.2 Å². The van der Waals surface area contributed by atoms with Gasteiger partial charge in [0.25, 0.3) is 0 Å². The van der Waals surface area contributed by atoms with Crippen LogP contribution in [0.4, 0.5) is 0 Å². The predicted octanol–water partition coefficient (Wildman–Crippen LogP) is 3.97. The molecular formula is C19H22N4OS. The second-order valence-corrected chi connectivity index (χ2v) is 6.78. The summed E-state index contributed by atoms with van der Waals surface area (Å²) < 4.78 is 7.00. The molecule has 0 aliphatic rings. The van der Waals surface area contributed by atoms with E-state index >= 15 is 0 Å². The van der Waals surface area contributed by atoms with Gasteiger partial charge in [-0.1, -0.05) is 30.0 Å². The van der Waals surface area contributed by atoms with Gasteiger partial charge in [0.1, 0.15) is 5.75 Å². The number of aromatic nitrogens is 3. The molecule has 0 unspecified atom stereocenters. The normalized spacial score (nSPS) is 10.8. The van der Waals surface area contributed by atoms with Crippen molar-refractivity contribution >= 4 is 11.8 Å². The van der Waals surface area contributed by atoms with Crippen molar-refractivity contribution in [2.75, 3.05) is 12.4 Å². The summed E-state index contributed by atoms with van der Waals surface area (Å²) in [6.45, 7) is 6.85. The van der Waals surface area contributed by atoms with Crippen molar-refractivity contribution in [1.29, 1.82) is 0 Å². The number of nitrogens with two attached hydrogens (primary N) is 1. The summed E-state index contributed by atoms with van der Waals surface area (Å²) in [6.07, 6.45) is 0. The molecule has 2 N–H and O–H groups in total. The SMILES string of the molecule is CCOc1ccc(-c2nnc(SCc3ccc(C)c(C)c3)n2N)cc1. The minimum atomic E-state index is 0.644. The molecular weight excluding hydrogens is 332 g/mol. The van der Waals surface area contributed by atoms with Gasteiger partial charge in [-0.05, 0) is 61.7 Å². The maximum atomic E-state index is 6.19. The van der Waals surface area contributed by atoms with E-state index in [1.807, 2.05) is 31.2 Å².